The number of hydrogen-bond acceptors (Lipinski definition) is 9. The average molecular weight is 395 g/mol. The summed E-state index contributed by atoms with van der Waals surface area (Å²) in [6.45, 7) is 0.729. The lowest BCUT2D eigenvalue weighted by Crippen LogP contribution is -2.17. The minimum Gasteiger partial charge on any atom is -0.508 e. The van der Waals surface area contributed by atoms with Gasteiger partial charge in [0.2, 0.25) is 17.6 Å². The van der Waals surface area contributed by atoms with Crippen molar-refractivity contribution in [3.8, 4) is 23.0 Å². The van der Waals surface area contributed by atoms with Gasteiger partial charge in [-0.15, -0.1) is 0 Å². The first kappa shape index (κ1) is 18.6. The van der Waals surface area contributed by atoms with E-state index in [-0.39, 0.29) is 5.75 Å². The SMILES string of the molecule is COc1cc(Nc2ncnc(N3CCc4cc(O)ccc43)n2)cc(OC)c1OC. The van der Waals surface area contributed by atoms with Crippen LogP contribution in [0.25, 0.3) is 0 Å². The van der Waals surface area contributed by atoms with Gasteiger partial charge in [0.1, 0.15) is 12.1 Å². The van der Waals surface area contributed by atoms with Crippen molar-refractivity contribution in [2.45, 2.75) is 6.42 Å². The van der Waals surface area contributed by atoms with E-state index in [0.717, 1.165) is 24.2 Å². The van der Waals surface area contributed by atoms with Gasteiger partial charge in [0, 0.05) is 30.1 Å². The fraction of sp³-hybridized carbons (Fsp3) is 0.250. The molecule has 29 heavy (non-hydrogen) atoms. The van der Waals surface area contributed by atoms with E-state index in [1.54, 1.807) is 45.6 Å². The summed E-state index contributed by atoms with van der Waals surface area (Å²) in [5.74, 6) is 2.73. The Labute approximate surface area is 167 Å². The van der Waals surface area contributed by atoms with Crippen molar-refractivity contribution < 1.29 is 19.3 Å². The highest BCUT2D eigenvalue weighted by atomic mass is 16.5. The molecule has 2 heterocycles. The maximum absolute atomic E-state index is 9.69. The number of aromatic hydroxyl groups is 1. The fourth-order valence-electron chi connectivity index (χ4n) is 3.36. The molecular weight excluding hydrogens is 374 g/mol. The number of aromatic nitrogens is 3. The van der Waals surface area contributed by atoms with Crippen LogP contribution in [0.15, 0.2) is 36.7 Å². The van der Waals surface area contributed by atoms with E-state index in [9.17, 15) is 5.11 Å². The number of nitrogens with one attached hydrogen (secondary N) is 1. The maximum atomic E-state index is 9.69. The highest BCUT2D eigenvalue weighted by Crippen LogP contribution is 2.40. The van der Waals surface area contributed by atoms with Crippen LogP contribution in [0.1, 0.15) is 5.56 Å². The average Bonchev–Trinajstić information content (AvgIpc) is 3.16. The number of methoxy groups -OCH3 is 3. The molecule has 0 saturated carbocycles. The van der Waals surface area contributed by atoms with Crippen LogP contribution in [-0.4, -0.2) is 47.9 Å². The summed E-state index contributed by atoms with van der Waals surface area (Å²) < 4.78 is 16.1. The Hall–Kier alpha value is -3.75. The van der Waals surface area contributed by atoms with Crippen LogP contribution in [0.4, 0.5) is 23.3 Å². The first-order valence-electron chi connectivity index (χ1n) is 8.98. The molecule has 1 aliphatic rings. The van der Waals surface area contributed by atoms with Gasteiger partial charge in [-0.1, -0.05) is 0 Å². The number of phenolic OH excluding ortho intramolecular Hbond substituents is 1. The number of nitrogens with zero attached hydrogens (tertiary/aromatic N) is 4. The highest BCUT2D eigenvalue weighted by molar-refractivity contribution is 5.69. The minimum atomic E-state index is 0.256. The van der Waals surface area contributed by atoms with Gasteiger partial charge >= 0.3 is 0 Å². The Bertz CT molecular complexity index is 1020. The molecule has 9 heteroatoms. The molecule has 0 aliphatic carbocycles. The molecule has 1 aliphatic heterocycles. The predicted octanol–water partition coefficient (Wildman–Crippen LogP) is 3.04. The van der Waals surface area contributed by atoms with Crippen LogP contribution in [-0.2, 0) is 6.42 Å². The van der Waals surface area contributed by atoms with Crippen molar-refractivity contribution in [3.05, 3.63) is 42.2 Å². The third kappa shape index (κ3) is 3.54. The number of benzene rings is 2. The molecule has 2 aromatic carbocycles. The van der Waals surface area contributed by atoms with Gasteiger partial charge in [-0.3, -0.25) is 0 Å². The molecule has 3 aromatic rings. The lowest BCUT2D eigenvalue weighted by atomic mass is 10.1. The molecule has 0 unspecified atom stereocenters. The Morgan fingerprint density at radius 3 is 2.45 bits per heavy atom. The van der Waals surface area contributed by atoms with Crippen molar-refractivity contribution in [2.75, 3.05) is 38.1 Å². The molecule has 1 aromatic heterocycles. The van der Waals surface area contributed by atoms with Crippen molar-refractivity contribution in [3.63, 3.8) is 0 Å². The molecule has 2 N–H and O–H groups in total. The van der Waals surface area contributed by atoms with Gasteiger partial charge in [0.05, 0.1) is 21.3 Å². The van der Waals surface area contributed by atoms with Crippen LogP contribution in [0.3, 0.4) is 0 Å². The standard InChI is InChI=1S/C20H21N5O4/c1-27-16-9-13(10-17(28-2)18(16)29-3)23-19-21-11-22-20(24-19)25-7-6-12-8-14(26)4-5-15(12)25/h4-5,8-11,26H,6-7H2,1-3H3,(H,21,22,23,24). The zero-order valence-corrected chi connectivity index (χ0v) is 16.3. The zero-order chi connectivity index (χ0) is 20.4. The third-order valence-corrected chi connectivity index (χ3v) is 4.68. The molecule has 0 saturated heterocycles. The van der Waals surface area contributed by atoms with Crippen molar-refractivity contribution in [1.29, 1.82) is 0 Å². The second-order valence-electron chi connectivity index (χ2n) is 6.36. The maximum Gasteiger partial charge on any atom is 0.234 e. The number of anilines is 4. The summed E-state index contributed by atoms with van der Waals surface area (Å²) in [7, 11) is 4.68. The lowest BCUT2D eigenvalue weighted by Gasteiger charge is -2.18. The first-order chi connectivity index (χ1) is 14.1. The third-order valence-electron chi connectivity index (χ3n) is 4.68. The van der Waals surface area contributed by atoms with Gasteiger partial charge in [0.15, 0.2) is 11.5 Å². The first-order valence-corrected chi connectivity index (χ1v) is 8.98. The summed E-state index contributed by atoms with van der Waals surface area (Å²) in [5.41, 5.74) is 2.72. The van der Waals surface area contributed by atoms with E-state index in [4.69, 9.17) is 14.2 Å². The summed E-state index contributed by atoms with van der Waals surface area (Å²) in [6, 6.07) is 8.85. The fourth-order valence-corrected chi connectivity index (χ4v) is 3.36. The zero-order valence-electron chi connectivity index (χ0n) is 16.3. The van der Waals surface area contributed by atoms with Crippen LogP contribution in [0.5, 0.6) is 23.0 Å². The number of rotatable bonds is 6. The summed E-state index contributed by atoms with van der Waals surface area (Å²) in [4.78, 5) is 15.1. The van der Waals surface area contributed by atoms with Crippen LogP contribution in [0, 0.1) is 0 Å². The Kier molecular flexibility index (Phi) is 4.94. The van der Waals surface area contributed by atoms with Crippen molar-refractivity contribution in [1.82, 2.24) is 15.0 Å². The Morgan fingerprint density at radius 1 is 1.00 bits per heavy atom. The second kappa shape index (κ2) is 7.70. The van der Waals surface area contributed by atoms with E-state index in [1.807, 2.05) is 11.0 Å². The molecule has 9 nitrogen and oxygen atoms in total. The minimum absolute atomic E-state index is 0.256. The predicted molar refractivity (Wildman–Crippen MR) is 108 cm³/mol. The lowest BCUT2D eigenvalue weighted by molar-refractivity contribution is 0.324. The molecule has 0 atom stereocenters. The number of phenols is 1. The Balaban J connectivity index is 1.63. The van der Waals surface area contributed by atoms with Gasteiger partial charge in [-0.25, -0.2) is 9.97 Å². The van der Waals surface area contributed by atoms with E-state index >= 15 is 0 Å². The molecule has 0 fully saturated rings. The molecule has 4 rings (SSSR count). The molecule has 0 radical (unpaired) electrons. The number of hydrogen-bond donors (Lipinski definition) is 2. The monoisotopic (exact) mass is 395 g/mol. The van der Waals surface area contributed by atoms with Crippen molar-refractivity contribution in [2.24, 2.45) is 0 Å². The number of ether oxygens (including phenoxy) is 3. The van der Waals surface area contributed by atoms with Gasteiger partial charge in [-0.05, 0) is 30.2 Å². The van der Waals surface area contributed by atoms with E-state index in [2.05, 4.69) is 20.3 Å². The van der Waals surface area contributed by atoms with Crippen molar-refractivity contribution >= 4 is 23.3 Å². The van der Waals surface area contributed by atoms with Crippen LogP contribution >= 0.6 is 0 Å². The summed E-state index contributed by atoms with van der Waals surface area (Å²) in [6.07, 6.45) is 2.27. The molecule has 0 amide bonds. The largest absolute Gasteiger partial charge is 0.508 e. The summed E-state index contributed by atoms with van der Waals surface area (Å²) in [5, 5.41) is 12.8. The smallest absolute Gasteiger partial charge is 0.234 e. The Morgan fingerprint density at radius 2 is 1.76 bits per heavy atom. The molecular formula is C20H21N5O4. The van der Waals surface area contributed by atoms with E-state index < -0.39 is 0 Å². The van der Waals surface area contributed by atoms with E-state index in [1.165, 1.54) is 6.33 Å². The van der Waals surface area contributed by atoms with Crippen LogP contribution in [0.2, 0.25) is 0 Å². The van der Waals surface area contributed by atoms with Gasteiger partial charge in [0.25, 0.3) is 0 Å². The van der Waals surface area contributed by atoms with Gasteiger partial charge < -0.3 is 29.5 Å². The quantitative estimate of drug-likeness (QED) is 0.652. The van der Waals surface area contributed by atoms with E-state index in [0.29, 0.717) is 34.8 Å². The molecule has 0 spiro atoms. The summed E-state index contributed by atoms with van der Waals surface area (Å²) >= 11 is 0. The second-order valence-corrected chi connectivity index (χ2v) is 6.36. The molecule has 0 bridgehead atoms. The normalized spacial score (nSPS) is 12.4. The topological polar surface area (TPSA) is 102 Å². The highest BCUT2D eigenvalue weighted by Gasteiger charge is 2.23. The van der Waals surface area contributed by atoms with Gasteiger partial charge in [-0.2, -0.15) is 4.98 Å². The molecule has 150 valence electrons. The number of fused-ring (bicyclic) bond motifs is 1. The van der Waals surface area contributed by atoms with Crippen LogP contribution < -0.4 is 24.4 Å².